The van der Waals surface area contributed by atoms with Gasteiger partial charge in [0.1, 0.15) is 11.7 Å². The molecule has 3 aromatic carbocycles. The molecule has 0 unspecified atom stereocenters. The summed E-state index contributed by atoms with van der Waals surface area (Å²) >= 11 is 0. The zero-order valence-corrected chi connectivity index (χ0v) is 16.0. The summed E-state index contributed by atoms with van der Waals surface area (Å²) in [5.41, 5.74) is 2.12. The standard InChI is InChI=1S/C22H16N4O2S/c23-15-18(22-24-19-13-7-8-14-20(19)25-22)21(16-9-3-1-4-10-16)26-29(27,28)17-11-5-2-6-12-17/h1-14,18H,(H,24,25)/t18-/m1/s1. The van der Waals surface area contributed by atoms with Crippen molar-refractivity contribution in [1.29, 1.82) is 5.26 Å². The van der Waals surface area contributed by atoms with Crippen molar-refractivity contribution in [1.82, 2.24) is 9.97 Å². The first-order valence-electron chi connectivity index (χ1n) is 8.88. The Morgan fingerprint density at radius 2 is 1.55 bits per heavy atom. The molecular formula is C22H16N4O2S. The molecule has 7 heteroatoms. The van der Waals surface area contributed by atoms with E-state index in [2.05, 4.69) is 20.4 Å². The Kier molecular flexibility index (Phi) is 4.94. The van der Waals surface area contributed by atoms with Crippen LogP contribution in [0.5, 0.6) is 0 Å². The second kappa shape index (κ2) is 7.70. The number of H-pyrrole nitrogens is 1. The molecule has 6 nitrogen and oxygen atoms in total. The lowest BCUT2D eigenvalue weighted by molar-refractivity contribution is 0.598. The fraction of sp³-hybridized carbons (Fsp3) is 0.0455. The first-order chi connectivity index (χ1) is 14.1. The summed E-state index contributed by atoms with van der Waals surface area (Å²) in [6.45, 7) is 0. The van der Waals surface area contributed by atoms with Crippen LogP contribution in [0.3, 0.4) is 0 Å². The van der Waals surface area contributed by atoms with Crippen LogP contribution in [-0.2, 0) is 10.0 Å². The van der Waals surface area contributed by atoms with Crippen LogP contribution in [0.2, 0.25) is 0 Å². The summed E-state index contributed by atoms with van der Waals surface area (Å²) in [7, 11) is -4.01. The molecule has 0 saturated heterocycles. The summed E-state index contributed by atoms with van der Waals surface area (Å²) in [4.78, 5) is 7.66. The summed E-state index contributed by atoms with van der Waals surface area (Å²) < 4.78 is 29.9. The van der Waals surface area contributed by atoms with Gasteiger partial charge in [-0.2, -0.15) is 18.1 Å². The van der Waals surface area contributed by atoms with Gasteiger partial charge in [0.05, 0.1) is 27.7 Å². The van der Waals surface area contributed by atoms with Gasteiger partial charge in [0.2, 0.25) is 0 Å². The highest BCUT2D eigenvalue weighted by molar-refractivity contribution is 7.90. The Hall–Kier alpha value is -3.76. The van der Waals surface area contributed by atoms with Gasteiger partial charge >= 0.3 is 0 Å². The van der Waals surface area contributed by atoms with E-state index in [0.29, 0.717) is 16.9 Å². The van der Waals surface area contributed by atoms with Crippen molar-refractivity contribution in [3.63, 3.8) is 0 Å². The first-order valence-corrected chi connectivity index (χ1v) is 10.3. The third-order valence-corrected chi connectivity index (χ3v) is 5.72. The number of aromatic amines is 1. The molecule has 142 valence electrons. The van der Waals surface area contributed by atoms with Crippen molar-refractivity contribution >= 4 is 26.8 Å². The molecular weight excluding hydrogens is 384 g/mol. The summed E-state index contributed by atoms with van der Waals surface area (Å²) in [5, 5.41) is 9.92. The number of fused-ring (bicyclic) bond motifs is 1. The van der Waals surface area contributed by atoms with Gasteiger partial charge in [-0.15, -0.1) is 0 Å². The molecule has 1 aromatic heterocycles. The van der Waals surface area contributed by atoms with Crippen LogP contribution in [0.15, 0.2) is 94.2 Å². The maximum Gasteiger partial charge on any atom is 0.282 e. The molecule has 29 heavy (non-hydrogen) atoms. The zero-order chi connectivity index (χ0) is 20.3. The molecule has 4 aromatic rings. The van der Waals surface area contributed by atoms with E-state index in [1.165, 1.54) is 12.1 Å². The van der Waals surface area contributed by atoms with Crippen molar-refractivity contribution in [2.45, 2.75) is 10.8 Å². The lowest BCUT2D eigenvalue weighted by Crippen LogP contribution is -2.16. The van der Waals surface area contributed by atoms with Crippen molar-refractivity contribution in [3.05, 3.63) is 96.3 Å². The van der Waals surface area contributed by atoms with E-state index in [-0.39, 0.29) is 10.6 Å². The van der Waals surface area contributed by atoms with Gasteiger partial charge in [-0.3, -0.25) is 0 Å². The molecule has 1 N–H and O–H groups in total. The van der Waals surface area contributed by atoms with Crippen LogP contribution in [0.25, 0.3) is 11.0 Å². The van der Waals surface area contributed by atoms with E-state index >= 15 is 0 Å². The minimum absolute atomic E-state index is 0.0646. The van der Waals surface area contributed by atoms with Crippen LogP contribution in [0, 0.1) is 11.3 Å². The minimum atomic E-state index is -4.01. The summed E-state index contributed by atoms with van der Waals surface area (Å²) in [6, 6.07) is 26.3. The molecule has 0 radical (unpaired) electrons. The van der Waals surface area contributed by atoms with Crippen LogP contribution in [0.4, 0.5) is 0 Å². The van der Waals surface area contributed by atoms with Crippen LogP contribution >= 0.6 is 0 Å². The average Bonchev–Trinajstić information content (AvgIpc) is 3.18. The Bertz CT molecular complexity index is 1290. The van der Waals surface area contributed by atoms with Crippen molar-refractivity contribution in [2.24, 2.45) is 4.40 Å². The maximum absolute atomic E-state index is 12.9. The second-order valence-corrected chi connectivity index (χ2v) is 7.94. The molecule has 1 atom stereocenters. The molecule has 0 fully saturated rings. The summed E-state index contributed by atoms with van der Waals surface area (Å²) in [6.07, 6.45) is 0. The number of nitrogens with one attached hydrogen (secondary N) is 1. The normalized spacial score (nSPS) is 13.1. The molecule has 0 amide bonds. The van der Waals surface area contributed by atoms with Gasteiger partial charge in [0, 0.05) is 0 Å². The SMILES string of the molecule is N#C[C@H](C(=NS(=O)(=O)c1ccccc1)c1ccccc1)c1nc2ccccc2[nH]1. The largest absolute Gasteiger partial charge is 0.341 e. The van der Waals surface area contributed by atoms with Gasteiger partial charge < -0.3 is 4.98 Å². The number of hydrogen-bond acceptors (Lipinski definition) is 4. The van der Waals surface area contributed by atoms with E-state index in [9.17, 15) is 13.7 Å². The lowest BCUT2D eigenvalue weighted by Gasteiger charge is -2.11. The number of rotatable bonds is 5. The van der Waals surface area contributed by atoms with Gasteiger partial charge in [-0.1, -0.05) is 60.7 Å². The van der Waals surface area contributed by atoms with Crippen molar-refractivity contribution in [3.8, 4) is 6.07 Å². The highest BCUT2D eigenvalue weighted by Crippen LogP contribution is 2.24. The predicted octanol–water partition coefficient (Wildman–Crippen LogP) is 4.05. The Labute approximate surface area is 168 Å². The monoisotopic (exact) mass is 400 g/mol. The van der Waals surface area contributed by atoms with Crippen LogP contribution in [-0.4, -0.2) is 24.1 Å². The van der Waals surface area contributed by atoms with E-state index in [1.54, 1.807) is 42.5 Å². The molecule has 0 aliphatic carbocycles. The number of benzene rings is 3. The molecule has 0 aliphatic rings. The predicted molar refractivity (Wildman–Crippen MR) is 111 cm³/mol. The fourth-order valence-electron chi connectivity index (χ4n) is 3.02. The molecule has 0 bridgehead atoms. The zero-order valence-electron chi connectivity index (χ0n) is 15.2. The number of aromatic nitrogens is 2. The van der Waals surface area contributed by atoms with E-state index in [0.717, 1.165) is 5.52 Å². The van der Waals surface area contributed by atoms with Crippen molar-refractivity contribution < 1.29 is 8.42 Å². The number of nitriles is 1. The smallest absolute Gasteiger partial charge is 0.282 e. The van der Waals surface area contributed by atoms with Gasteiger partial charge in [-0.25, -0.2) is 4.98 Å². The minimum Gasteiger partial charge on any atom is -0.341 e. The average molecular weight is 400 g/mol. The molecule has 0 spiro atoms. The van der Waals surface area contributed by atoms with Gasteiger partial charge in [-0.05, 0) is 29.8 Å². The Morgan fingerprint density at radius 1 is 0.931 bits per heavy atom. The summed E-state index contributed by atoms with van der Waals surface area (Å²) in [5.74, 6) is -0.636. The highest BCUT2D eigenvalue weighted by Gasteiger charge is 2.26. The van der Waals surface area contributed by atoms with E-state index in [4.69, 9.17) is 0 Å². The van der Waals surface area contributed by atoms with E-state index < -0.39 is 15.9 Å². The molecule has 1 heterocycles. The van der Waals surface area contributed by atoms with Crippen LogP contribution in [0.1, 0.15) is 17.3 Å². The van der Waals surface area contributed by atoms with Gasteiger partial charge in [0.15, 0.2) is 0 Å². The molecule has 0 saturated carbocycles. The third kappa shape index (κ3) is 3.79. The number of sulfonamides is 1. The molecule has 0 aliphatic heterocycles. The Balaban J connectivity index is 1.89. The maximum atomic E-state index is 12.9. The first kappa shape index (κ1) is 18.6. The quantitative estimate of drug-likeness (QED) is 0.511. The Morgan fingerprint density at radius 3 is 2.21 bits per heavy atom. The van der Waals surface area contributed by atoms with Crippen LogP contribution < -0.4 is 0 Å². The lowest BCUT2D eigenvalue weighted by atomic mass is 9.97. The number of hydrogen-bond donors (Lipinski definition) is 1. The topological polar surface area (TPSA) is 99.0 Å². The number of imidazole rings is 1. The highest BCUT2D eigenvalue weighted by atomic mass is 32.2. The number of nitrogens with zero attached hydrogens (tertiary/aromatic N) is 3. The number of para-hydroxylation sites is 2. The van der Waals surface area contributed by atoms with Gasteiger partial charge in [0.25, 0.3) is 10.0 Å². The van der Waals surface area contributed by atoms with E-state index in [1.807, 2.05) is 30.3 Å². The second-order valence-electron chi connectivity index (χ2n) is 6.33. The third-order valence-electron chi connectivity index (χ3n) is 4.41. The van der Waals surface area contributed by atoms with Crippen molar-refractivity contribution in [2.75, 3.05) is 0 Å². The fourth-order valence-corrected chi connectivity index (χ4v) is 4.09. The molecule has 4 rings (SSSR count).